The predicted octanol–water partition coefficient (Wildman–Crippen LogP) is 2.57. The summed E-state index contributed by atoms with van der Waals surface area (Å²) in [5.41, 5.74) is 1.80. The summed E-state index contributed by atoms with van der Waals surface area (Å²) in [6.07, 6.45) is 3.61. The van der Waals surface area contributed by atoms with E-state index in [0.717, 1.165) is 49.9 Å². The molecule has 3 nitrogen and oxygen atoms in total. The van der Waals surface area contributed by atoms with Crippen molar-refractivity contribution in [1.29, 1.82) is 0 Å². The van der Waals surface area contributed by atoms with Crippen LogP contribution in [0.3, 0.4) is 0 Å². The minimum Gasteiger partial charge on any atom is -0.355 e. The van der Waals surface area contributed by atoms with Gasteiger partial charge in [-0.25, -0.2) is 4.39 Å². The zero-order valence-electron chi connectivity index (χ0n) is 13.0. The van der Waals surface area contributed by atoms with E-state index in [1.165, 1.54) is 12.1 Å². The minimum atomic E-state index is -0.230. The molecule has 0 spiro atoms. The predicted molar refractivity (Wildman–Crippen MR) is 82.7 cm³/mol. The van der Waals surface area contributed by atoms with E-state index in [2.05, 4.69) is 17.6 Å². The summed E-state index contributed by atoms with van der Waals surface area (Å²) in [6, 6.07) is 4.82. The quantitative estimate of drug-likeness (QED) is 0.846. The topological polar surface area (TPSA) is 41.1 Å². The van der Waals surface area contributed by atoms with Crippen LogP contribution in [0.1, 0.15) is 37.3 Å². The molecule has 116 valence electrons. The standard InChI is InChI=1S/C17H25FN2O/c1-3-7-17(8-10-19-12-17)16(21)20-9-6-14-4-5-15(18)11-13(14)2/h4-5,11,19H,3,6-10,12H2,1-2H3,(H,20,21). The Kier molecular flexibility index (Phi) is 5.34. The van der Waals surface area contributed by atoms with Gasteiger partial charge in [-0.1, -0.05) is 19.4 Å². The number of hydrogen-bond donors (Lipinski definition) is 2. The van der Waals surface area contributed by atoms with E-state index in [9.17, 15) is 9.18 Å². The summed E-state index contributed by atoms with van der Waals surface area (Å²) in [4.78, 5) is 12.5. The van der Waals surface area contributed by atoms with Gasteiger partial charge in [0.15, 0.2) is 0 Å². The first-order valence-corrected chi connectivity index (χ1v) is 7.81. The third kappa shape index (κ3) is 3.82. The van der Waals surface area contributed by atoms with E-state index in [1.807, 2.05) is 6.92 Å². The van der Waals surface area contributed by atoms with E-state index >= 15 is 0 Å². The van der Waals surface area contributed by atoms with Crippen molar-refractivity contribution in [3.05, 3.63) is 35.1 Å². The third-order valence-corrected chi connectivity index (χ3v) is 4.44. The number of halogens is 1. The zero-order chi connectivity index (χ0) is 15.3. The second-order valence-corrected chi connectivity index (χ2v) is 6.03. The van der Waals surface area contributed by atoms with Crippen LogP contribution in [0.5, 0.6) is 0 Å². The zero-order valence-corrected chi connectivity index (χ0v) is 13.0. The van der Waals surface area contributed by atoms with Gasteiger partial charge in [0.1, 0.15) is 5.82 Å². The first-order chi connectivity index (χ1) is 10.1. The van der Waals surface area contributed by atoms with E-state index in [0.29, 0.717) is 6.54 Å². The molecule has 2 N–H and O–H groups in total. The number of carbonyl (C=O) groups excluding carboxylic acids is 1. The highest BCUT2D eigenvalue weighted by atomic mass is 19.1. The van der Waals surface area contributed by atoms with Crippen molar-refractivity contribution in [1.82, 2.24) is 10.6 Å². The first-order valence-electron chi connectivity index (χ1n) is 7.81. The Bertz CT molecular complexity index is 496. The van der Waals surface area contributed by atoms with Crippen LogP contribution in [-0.4, -0.2) is 25.5 Å². The summed E-state index contributed by atoms with van der Waals surface area (Å²) in [5, 5.41) is 6.37. The van der Waals surface area contributed by atoms with Gasteiger partial charge in [-0.05, 0) is 56.0 Å². The van der Waals surface area contributed by atoms with Crippen molar-refractivity contribution < 1.29 is 9.18 Å². The molecule has 0 aliphatic carbocycles. The number of benzene rings is 1. The Hall–Kier alpha value is -1.42. The summed E-state index contributed by atoms with van der Waals surface area (Å²) in [5.74, 6) is -0.0478. The third-order valence-electron chi connectivity index (χ3n) is 4.44. The molecule has 1 heterocycles. The van der Waals surface area contributed by atoms with E-state index in [-0.39, 0.29) is 17.1 Å². The second-order valence-electron chi connectivity index (χ2n) is 6.03. The van der Waals surface area contributed by atoms with Gasteiger partial charge in [-0.15, -0.1) is 0 Å². The lowest BCUT2D eigenvalue weighted by atomic mass is 9.81. The van der Waals surface area contributed by atoms with Crippen molar-refractivity contribution in [3.8, 4) is 0 Å². The fraction of sp³-hybridized carbons (Fsp3) is 0.588. The van der Waals surface area contributed by atoms with Crippen LogP contribution >= 0.6 is 0 Å². The molecule has 0 aromatic heterocycles. The number of hydrogen-bond acceptors (Lipinski definition) is 2. The summed E-state index contributed by atoms with van der Waals surface area (Å²) in [6.45, 7) is 6.33. The number of amides is 1. The largest absolute Gasteiger partial charge is 0.355 e. The van der Waals surface area contributed by atoms with Crippen LogP contribution in [0, 0.1) is 18.2 Å². The first kappa shape index (κ1) is 16.0. The average Bonchev–Trinajstić information content (AvgIpc) is 2.91. The smallest absolute Gasteiger partial charge is 0.227 e. The molecule has 1 atom stereocenters. The van der Waals surface area contributed by atoms with Crippen molar-refractivity contribution >= 4 is 5.91 Å². The van der Waals surface area contributed by atoms with Crippen molar-refractivity contribution in [2.75, 3.05) is 19.6 Å². The maximum Gasteiger partial charge on any atom is 0.227 e. The van der Waals surface area contributed by atoms with Gasteiger partial charge >= 0.3 is 0 Å². The normalized spacial score (nSPS) is 21.5. The van der Waals surface area contributed by atoms with Crippen molar-refractivity contribution in [3.63, 3.8) is 0 Å². The molecule has 21 heavy (non-hydrogen) atoms. The lowest BCUT2D eigenvalue weighted by Gasteiger charge is -2.26. The fourth-order valence-corrected chi connectivity index (χ4v) is 3.18. The molecular formula is C17H25FN2O. The highest BCUT2D eigenvalue weighted by molar-refractivity contribution is 5.83. The number of nitrogens with one attached hydrogen (secondary N) is 2. The van der Waals surface area contributed by atoms with Crippen LogP contribution in [0.4, 0.5) is 4.39 Å². The highest BCUT2D eigenvalue weighted by Gasteiger charge is 2.39. The van der Waals surface area contributed by atoms with Crippen LogP contribution in [-0.2, 0) is 11.2 Å². The summed E-state index contributed by atoms with van der Waals surface area (Å²) < 4.78 is 13.1. The molecule has 1 aliphatic heterocycles. The van der Waals surface area contributed by atoms with E-state index in [4.69, 9.17) is 0 Å². The Morgan fingerprint density at radius 2 is 2.29 bits per heavy atom. The molecule has 1 aliphatic rings. The molecule has 1 saturated heterocycles. The van der Waals surface area contributed by atoms with Gasteiger partial charge in [0.05, 0.1) is 5.41 Å². The highest BCUT2D eigenvalue weighted by Crippen LogP contribution is 2.31. The van der Waals surface area contributed by atoms with Gasteiger partial charge in [-0.3, -0.25) is 4.79 Å². The van der Waals surface area contributed by atoms with E-state index < -0.39 is 0 Å². The molecule has 1 aromatic carbocycles. The maximum atomic E-state index is 13.1. The molecule has 0 bridgehead atoms. The number of carbonyl (C=O) groups is 1. The number of rotatable bonds is 6. The molecule has 1 aromatic rings. The van der Waals surface area contributed by atoms with Crippen molar-refractivity contribution in [2.24, 2.45) is 5.41 Å². The van der Waals surface area contributed by atoms with Crippen LogP contribution in [0.2, 0.25) is 0 Å². The molecule has 1 fully saturated rings. The van der Waals surface area contributed by atoms with Crippen LogP contribution < -0.4 is 10.6 Å². The molecule has 2 rings (SSSR count). The van der Waals surface area contributed by atoms with Crippen LogP contribution in [0.15, 0.2) is 18.2 Å². The lowest BCUT2D eigenvalue weighted by Crippen LogP contribution is -2.43. The van der Waals surface area contributed by atoms with Crippen molar-refractivity contribution in [2.45, 2.75) is 39.5 Å². The van der Waals surface area contributed by atoms with Gasteiger partial charge in [0.2, 0.25) is 5.91 Å². The summed E-state index contributed by atoms with van der Waals surface area (Å²) >= 11 is 0. The Labute approximate surface area is 126 Å². The Balaban J connectivity index is 1.88. The Morgan fingerprint density at radius 1 is 1.48 bits per heavy atom. The Morgan fingerprint density at radius 3 is 2.90 bits per heavy atom. The maximum absolute atomic E-state index is 13.1. The molecular weight excluding hydrogens is 267 g/mol. The molecule has 1 unspecified atom stereocenters. The lowest BCUT2D eigenvalue weighted by molar-refractivity contribution is -0.130. The fourth-order valence-electron chi connectivity index (χ4n) is 3.18. The minimum absolute atomic E-state index is 0.161. The van der Waals surface area contributed by atoms with Gasteiger partial charge < -0.3 is 10.6 Å². The second kappa shape index (κ2) is 7.03. The van der Waals surface area contributed by atoms with Gasteiger partial charge in [0.25, 0.3) is 0 Å². The average molecular weight is 292 g/mol. The monoisotopic (exact) mass is 292 g/mol. The molecule has 4 heteroatoms. The summed E-state index contributed by atoms with van der Waals surface area (Å²) in [7, 11) is 0. The molecule has 0 radical (unpaired) electrons. The molecule has 0 saturated carbocycles. The van der Waals surface area contributed by atoms with Gasteiger partial charge in [0, 0.05) is 13.1 Å². The number of aryl methyl sites for hydroxylation is 1. The van der Waals surface area contributed by atoms with Crippen LogP contribution in [0.25, 0.3) is 0 Å². The molecule has 1 amide bonds. The van der Waals surface area contributed by atoms with Gasteiger partial charge in [-0.2, -0.15) is 0 Å². The SMILES string of the molecule is CCCC1(C(=O)NCCc2ccc(F)cc2C)CCNC1. The van der Waals surface area contributed by atoms with E-state index in [1.54, 1.807) is 6.07 Å².